The Balaban J connectivity index is 1.23. The van der Waals surface area contributed by atoms with Gasteiger partial charge in [0, 0.05) is 38.5 Å². The molecule has 0 unspecified atom stereocenters. The molecule has 1 aromatic carbocycles. The van der Waals surface area contributed by atoms with Crippen LogP contribution in [0.4, 0.5) is 0 Å². The Labute approximate surface area is 184 Å². The molecule has 6 rings (SSSR count). The van der Waals surface area contributed by atoms with Crippen molar-refractivity contribution in [2.75, 3.05) is 26.2 Å². The number of carbonyl (C=O) groups is 1. The third-order valence-electron chi connectivity index (χ3n) is 8.71. The minimum Gasteiger partial charge on any atom is -0.462 e. The van der Waals surface area contributed by atoms with Crippen LogP contribution >= 0.6 is 7.67 Å². The summed E-state index contributed by atoms with van der Waals surface area (Å²) in [6.45, 7) is 7.39. The number of hydrogen-bond donors (Lipinski definition) is 0. The number of rotatable bonds is 5. The van der Waals surface area contributed by atoms with Crippen molar-refractivity contribution in [3.63, 3.8) is 0 Å². The first-order valence-electron chi connectivity index (χ1n) is 12.0. The fourth-order valence-electron chi connectivity index (χ4n) is 6.99. The number of fused-ring (bicyclic) bond motifs is 5. The Kier molecular flexibility index (Phi) is 4.62. The number of benzene rings is 1. The molecule has 31 heavy (non-hydrogen) atoms. The molecule has 2 heterocycles. The molecule has 3 aliphatic carbocycles. The summed E-state index contributed by atoms with van der Waals surface area (Å²) in [7, 11) is -2.84. The van der Waals surface area contributed by atoms with E-state index in [1.165, 1.54) is 30.9 Å². The molecule has 0 bridgehead atoms. The van der Waals surface area contributed by atoms with Gasteiger partial charge in [0.05, 0.1) is 0 Å². The van der Waals surface area contributed by atoms with Crippen molar-refractivity contribution in [1.29, 1.82) is 0 Å². The van der Waals surface area contributed by atoms with Crippen molar-refractivity contribution in [3.05, 3.63) is 29.3 Å². The van der Waals surface area contributed by atoms with Crippen LogP contribution in [-0.2, 0) is 20.5 Å². The van der Waals surface area contributed by atoms with Crippen molar-refractivity contribution >= 4 is 13.6 Å². The van der Waals surface area contributed by atoms with Gasteiger partial charge in [-0.05, 0) is 79.5 Å². The molecule has 168 valence electrons. The summed E-state index contributed by atoms with van der Waals surface area (Å²) in [5, 5.41) is 0. The van der Waals surface area contributed by atoms with Crippen LogP contribution in [0.3, 0.4) is 0 Å². The largest absolute Gasteiger partial charge is 0.462 e. The fraction of sp³-hybridized carbons (Fsp3) is 0.708. The van der Waals surface area contributed by atoms with E-state index < -0.39 is 7.67 Å². The molecule has 0 radical (unpaired) electrons. The lowest BCUT2D eigenvalue weighted by Crippen LogP contribution is -2.45. The molecule has 2 aliphatic heterocycles. The zero-order valence-electron chi connectivity index (χ0n) is 18.6. The summed E-state index contributed by atoms with van der Waals surface area (Å²) in [4.78, 5) is 11.6. The second kappa shape index (κ2) is 7.07. The topological polar surface area (TPSA) is 58.6 Å². The third-order valence-corrected chi connectivity index (χ3v) is 11.4. The van der Waals surface area contributed by atoms with Crippen molar-refractivity contribution in [3.8, 4) is 5.75 Å². The van der Waals surface area contributed by atoms with E-state index >= 15 is 0 Å². The standard InChI is InChI=1S/C24H33N2O4P/c1-16(27)29-23-8-7-22-21-5-3-17-15-18(30-31(28,25-11-12-25)26-13-14-26)4-6-19(17)20(21)9-10-24(22,23)2/h4,6,15,20-23H,3,5,7-14H2,1-2H3/t20-,21-,22-,23-,24-/m1/s1. The Morgan fingerprint density at radius 3 is 2.52 bits per heavy atom. The van der Waals surface area contributed by atoms with Crippen molar-refractivity contribution in [1.82, 2.24) is 9.34 Å². The summed E-state index contributed by atoms with van der Waals surface area (Å²) in [5.41, 5.74) is 2.96. The normalized spacial score (nSPS) is 36.8. The second-order valence-electron chi connectivity index (χ2n) is 10.5. The van der Waals surface area contributed by atoms with Gasteiger partial charge in [-0.15, -0.1) is 0 Å². The first kappa shape index (κ1) is 20.3. The Morgan fingerprint density at radius 2 is 1.84 bits per heavy atom. The van der Waals surface area contributed by atoms with Crippen LogP contribution in [-0.4, -0.2) is 47.6 Å². The van der Waals surface area contributed by atoms with Crippen LogP contribution in [0, 0.1) is 17.3 Å². The number of hydrogen-bond acceptors (Lipinski definition) is 4. The molecule has 6 nitrogen and oxygen atoms in total. The van der Waals surface area contributed by atoms with Crippen molar-refractivity contribution in [2.24, 2.45) is 17.3 Å². The Hall–Kier alpha value is -1.36. The van der Waals surface area contributed by atoms with Crippen molar-refractivity contribution < 1.29 is 18.6 Å². The van der Waals surface area contributed by atoms with Crippen LogP contribution in [0.2, 0.25) is 0 Å². The van der Waals surface area contributed by atoms with E-state index in [4.69, 9.17) is 9.26 Å². The van der Waals surface area contributed by atoms with Gasteiger partial charge < -0.3 is 9.26 Å². The van der Waals surface area contributed by atoms with Gasteiger partial charge in [0.2, 0.25) is 0 Å². The van der Waals surface area contributed by atoms with Gasteiger partial charge in [0.1, 0.15) is 11.9 Å². The minimum absolute atomic E-state index is 0.0807. The number of nitrogens with zero attached hydrogens (tertiary/aromatic N) is 2. The van der Waals surface area contributed by atoms with Crippen LogP contribution in [0.5, 0.6) is 5.75 Å². The quantitative estimate of drug-likeness (QED) is 0.376. The average molecular weight is 445 g/mol. The maximum absolute atomic E-state index is 13.4. The molecular formula is C24H33N2O4P. The van der Waals surface area contributed by atoms with Gasteiger partial charge in [-0.1, -0.05) is 13.0 Å². The molecule has 0 N–H and O–H groups in total. The molecular weight excluding hydrogens is 411 g/mol. The number of esters is 1. The van der Waals surface area contributed by atoms with E-state index in [2.05, 4.69) is 19.1 Å². The maximum atomic E-state index is 13.4. The zero-order chi connectivity index (χ0) is 21.4. The Morgan fingerprint density at radius 1 is 1.10 bits per heavy atom. The van der Waals surface area contributed by atoms with Gasteiger partial charge in [0.15, 0.2) is 0 Å². The monoisotopic (exact) mass is 444 g/mol. The van der Waals surface area contributed by atoms with Crippen molar-refractivity contribution in [2.45, 2.75) is 64.4 Å². The van der Waals surface area contributed by atoms with Crippen LogP contribution < -0.4 is 4.52 Å². The molecule has 0 aromatic heterocycles. The summed E-state index contributed by atoms with van der Waals surface area (Å²) in [6, 6.07) is 6.46. The third kappa shape index (κ3) is 3.29. The molecule has 0 amide bonds. The van der Waals surface area contributed by atoms with Crippen LogP contribution in [0.25, 0.3) is 0 Å². The zero-order valence-corrected chi connectivity index (χ0v) is 19.5. The number of ether oxygens (including phenoxy) is 1. The smallest absolute Gasteiger partial charge is 0.395 e. The number of carbonyl (C=O) groups excluding carboxylic acids is 1. The van der Waals surface area contributed by atoms with E-state index in [9.17, 15) is 9.36 Å². The first-order chi connectivity index (χ1) is 14.9. The molecule has 7 heteroatoms. The van der Waals surface area contributed by atoms with E-state index in [1.807, 2.05) is 15.4 Å². The molecule has 4 fully saturated rings. The van der Waals surface area contributed by atoms with Crippen LogP contribution in [0.1, 0.15) is 63.0 Å². The molecule has 2 saturated carbocycles. The molecule has 5 atom stereocenters. The summed E-state index contributed by atoms with van der Waals surface area (Å²) in [5.74, 6) is 2.50. The molecule has 1 aromatic rings. The Bertz CT molecular complexity index is 943. The first-order valence-corrected chi connectivity index (χ1v) is 13.5. The fourth-order valence-corrected chi connectivity index (χ4v) is 9.15. The van der Waals surface area contributed by atoms with E-state index in [1.54, 1.807) is 0 Å². The van der Waals surface area contributed by atoms with E-state index in [0.717, 1.165) is 57.6 Å². The lowest BCUT2D eigenvalue weighted by atomic mass is 9.55. The number of aryl methyl sites for hydroxylation is 1. The maximum Gasteiger partial charge on any atom is 0.395 e. The van der Waals surface area contributed by atoms with Gasteiger partial charge in [-0.25, -0.2) is 13.9 Å². The second-order valence-corrected chi connectivity index (χ2v) is 12.8. The minimum atomic E-state index is -2.84. The highest BCUT2D eigenvalue weighted by Crippen LogP contribution is 2.63. The van der Waals surface area contributed by atoms with E-state index in [-0.39, 0.29) is 17.5 Å². The highest BCUT2D eigenvalue weighted by atomic mass is 31.2. The highest BCUT2D eigenvalue weighted by molar-refractivity contribution is 7.55. The molecule has 0 spiro atoms. The molecule has 2 saturated heterocycles. The van der Waals surface area contributed by atoms with Crippen LogP contribution in [0.15, 0.2) is 18.2 Å². The molecule has 5 aliphatic rings. The summed E-state index contributed by atoms with van der Waals surface area (Å²) < 4.78 is 29.2. The average Bonchev–Trinajstić information content (AvgIpc) is 3.63. The predicted molar refractivity (Wildman–Crippen MR) is 118 cm³/mol. The van der Waals surface area contributed by atoms with Gasteiger partial charge in [-0.2, -0.15) is 0 Å². The van der Waals surface area contributed by atoms with Gasteiger partial charge in [0.25, 0.3) is 0 Å². The summed E-state index contributed by atoms with van der Waals surface area (Å²) in [6.07, 6.45) is 6.76. The highest BCUT2D eigenvalue weighted by Gasteiger charge is 2.56. The summed E-state index contributed by atoms with van der Waals surface area (Å²) >= 11 is 0. The lowest BCUT2D eigenvalue weighted by Gasteiger charge is -2.50. The van der Waals surface area contributed by atoms with Gasteiger partial charge in [-0.3, -0.25) is 4.79 Å². The predicted octanol–water partition coefficient (Wildman–Crippen LogP) is 4.59. The lowest BCUT2D eigenvalue weighted by molar-refractivity contribution is -0.154. The SMILES string of the molecule is CC(=O)O[C@@H]1CC[C@@H]2[C@@H]3CCc4cc(OP(=O)(N5CC5)N5CC5)ccc4[C@H]3CC[C@]21C. The van der Waals surface area contributed by atoms with E-state index in [0.29, 0.717) is 17.8 Å². The van der Waals surface area contributed by atoms with Gasteiger partial charge >= 0.3 is 13.6 Å².